The first-order valence-electron chi connectivity index (χ1n) is 7.17. The quantitative estimate of drug-likeness (QED) is 0.523. The van der Waals surface area contributed by atoms with Gasteiger partial charge in [-0.15, -0.1) is 0 Å². The molecule has 106 valence electrons. The molecule has 2 aromatic heterocycles. The number of fused-ring (bicyclic) bond motifs is 2. The topological polar surface area (TPSA) is 34.9 Å². The molecule has 0 atom stereocenters. The van der Waals surface area contributed by atoms with Crippen molar-refractivity contribution in [2.75, 3.05) is 0 Å². The molecular weight excluding hydrogens is 272 g/mol. The van der Waals surface area contributed by atoms with E-state index in [2.05, 4.69) is 4.98 Å². The van der Waals surface area contributed by atoms with Gasteiger partial charge in [0.05, 0.1) is 0 Å². The molecule has 0 spiro atoms. The van der Waals surface area contributed by atoms with Crippen LogP contribution >= 0.6 is 0 Å². The summed E-state index contributed by atoms with van der Waals surface area (Å²) in [5.74, 6) is 0.0496. The molecule has 0 unspecified atom stereocenters. The Bertz CT molecular complexity index is 1010. The molecule has 0 saturated heterocycles. The van der Waals surface area contributed by atoms with Crippen LogP contribution in [0.5, 0.6) is 0 Å². The molecule has 0 bridgehead atoms. The van der Waals surface area contributed by atoms with Crippen LogP contribution in [0.1, 0.15) is 15.9 Å². The van der Waals surface area contributed by atoms with Crippen molar-refractivity contribution in [1.29, 1.82) is 0 Å². The van der Waals surface area contributed by atoms with E-state index in [-0.39, 0.29) is 5.78 Å². The minimum absolute atomic E-state index is 0.0496. The van der Waals surface area contributed by atoms with Gasteiger partial charge in [0, 0.05) is 53.1 Å². The van der Waals surface area contributed by atoms with Crippen molar-refractivity contribution >= 4 is 27.5 Å². The zero-order valence-electron chi connectivity index (χ0n) is 12.2. The van der Waals surface area contributed by atoms with E-state index in [1.165, 1.54) is 0 Å². The lowest BCUT2D eigenvalue weighted by molar-refractivity contribution is 0.104. The van der Waals surface area contributed by atoms with Crippen LogP contribution in [0, 0.1) is 0 Å². The number of carbonyl (C=O) groups is 1. The predicted octanol–water partition coefficient (Wildman–Crippen LogP) is 3.96. The van der Waals surface area contributed by atoms with Crippen molar-refractivity contribution in [2.45, 2.75) is 0 Å². The molecule has 0 saturated carbocycles. The highest BCUT2D eigenvalue weighted by Gasteiger charge is 2.17. The van der Waals surface area contributed by atoms with E-state index in [9.17, 15) is 4.79 Å². The van der Waals surface area contributed by atoms with Crippen molar-refractivity contribution in [2.24, 2.45) is 7.05 Å². The Morgan fingerprint density at radius 2 is 1.82 bits per heavy atom. The van der Waals surface area contributed by atoms with E-state index >= 15 is 0 Å². The number of benzene rings is 2. The SMILES string of the molecule is Cn1cc(C(=O)c2cccc3cnccc23)c2ccccc21. The maximum Gasteiger partial charge on any atom is 0.195 e. The number of carbonyl (C=O) groups excluding carboxylic acids is 1. The largest absolute Gasteiger partial charge is 0.350 e. The Balaban J connectivity index is 1.97. The molecular formula is C19H14N2O. The van der Waals surface area contributed by atoms with E-state index in [1.807, 2.05) is 66.3 Å². The first-order valence-corrected chi connectivity index (χ1v) is 7.17. The van der Waals surface area contributed by atoms with Crippen molar-refractivity contribution in [3.05, 3.63) is 78.2 Å². The van der Waals surface area contributed by atoms with Gasteiger partial charge in [0.2, 0.25) is 0 Å². The number of nitrogens with zero attached hydrogens (tertiary/aromatic N) is 2. The first-order chi connectivity index (χ1) is 10.8. The lowest BCUT2D eigenvalue weighted by Crippen LogP contribution is -2.01. The van der Waals surface area contributed by atoms with Crippen LogP contribution in [0.15, 0.2) is 67.1 Å². The normalized spacial score (nSPS) is 11.1. The molecule has 0 aliphatic heterocycles. The van der Waals surface area contributed by atoms with Crippen molar-refractivity contribution < 1.29 is 4.79 Å². The molecule has 0 aliphatic carbocycles. The molecule has 4 rings (SSSR count). The molecule has 0 fully saturated rings. The van der Waals surface area contributed by atoms with E-state index < -0.39 is 0 Å². The average Bonchev–Trinajstić information content (AvgIpc) is 2.91. The predicted molar refractivity (Wildman–Crippen MR) is 88.1 cm³/mol. The Labute approximate surface area is 127 Å². The molecule has 3 heteroatoms. The van der Waals surface area contributed by atoms with Crippen LogP contribution in [0.2, 0.25) is 0 Å². The summed E-state index contributed by atoms with van der Waals surface area (Å²) in [5.41, 5.74) is 2.52. The zero-order chi connectivity index (χ0) is 15.1. The average molecular weight is 286 g/mol. The Morgan fingerprint density at radius 1 is 0.955 bits per heavy atom. The van der Waals surface area contributed by atoms with E-state index in [0.717, 1.165) is 32.8 Å². The van der Waals surface area contributed by atoms with Gasteiger partial charge in [-0.3, -0.25) is 9.78 Å². The van der Waals surface area contributed by atoms with Crippen LogP contribution < -0.4 is 0 Å². The van der Waals surface area contributed by atoms with Gasteiger partial charge in [0.15, 0.2) is 5.78 Å². The van der Waals surface area contributed by atoms with Crippen LogP contribution in [0.3, 0.4) is 0 Å². The van der Waals surface area contributed by atoms with Crippen LogP contribution in [-0.4, -0.2) is 15.3 Å². The minimum atomic E-state index is 0.0496. The fourth-order valence-corrected chi connectivity index (χ4v) is 2.99. The van der Waals surface area contributed by atoms with Crippen molar-refractivity contribution in [1.82, 2.24) is 9.55 Å². The highest BCUT2D eigenvalue weighted by molar-refractivity contribution is 6.21. The molecule has 2 aromatic carbocycles. The van der Waals surface area contributed by atoms with E-state index in [1.54, 1.807) is 12.4 Å². The van der Waals surface area contributed by atoms with Gasteiger partial charge in [-0.05, 0) is 17.5 Å². The summed E-state index contributed by atoms with van der Waals surface area (Å²) in [5, 5.41) is 2.91. The Kier molecular flexibility index (Phi) is 2.79. The van der Waals surface area contributed by atoms with E-state index in [4.69, 9.17) is 0 Å². The highest BCUT2D eigenvalue weighted by Crippen LogP contribution is 2.26. The Hall–Kier alpha value is -2.94. The summed E-state index contributed by atoms with van der Waals surface area (Å²) in [6.45, 7) is 0. The summed E-state index contributed by atoms with van der Waals surface area (Å²) in [4.78, 5) is 17.2. The standard InChI is InChI=1S/C19H14N2O/c1-21-12-17(15-6-2-3-8-18(15)21)19(22)16-7-4-5-13-11-20-10-9-14(13)16/h2-12H,1H3. The molecule has 0 N–H and O–H groups in total. The number of para-hydroxylation sites is 1. The second kappa shape index (κ2) is 4.81. The fraction of sp³-hybridized carbons (Fsp3) is 0.0526. The second-order valence-electron chi connectivity index (χ2n) is 5.40. The summed E-state index contributed by atoms with van der Waals surface area (Å²) >= 11 is 0. The third-order valence-electron chi connectivity index (χ3n) is 4.07. The molecule has 2 heterocycles. The number of rotatable bonds is 2. The van der Waals surface area contributed by atoms with Gasteiger partial charge >= 0.3 is 0 Å². The first kappa shape index (κ1) is 12.8. The molecule has 0 amide bonds. The highest BCUT2D eigenvalue weighted by atomic mass is 16.1. The van der Waals surface area contributed by atoms with Crippen molar-refractivity contribution in [3.63, 3.8) is 0 Å². The molecule has 0 radical (unpaired) electrons. The second-order valence-corrected chi connectivity index (χ2v) is 5.40. The third-order valence-corrected chi connectivity index (χ3v) is 4.07. The number of hydrogen-bond acceptors (Lipinski definition) is 2. The van der Waals surface area contributed by atoms with Gasteiger partial charge in [0.25, 0.3) is 0 Å². The zero-order valence-corrected chi connectivity index (χ0v) is 12.2. The summed E-state index contributed by atoms with van der Waals surface area (Å²) < 4.78 is 2.00. The monoisotopic (exact) mass is 286 g/mol. The van der Waals surface area contributed by atoms with Crippen LogP contribution in [0.4, 0.5) is 0 Å². The lowest BCUT2D eigenvalue weighted by Gasteiger charge is -2.04. The van der Waals surface area contributed by atoms with Crippen LogP contribution in [-0.2, 0) is 7.05 Å². The number of aryl methyl sites for hydroxylation is 1. The summed E-state index contributed by atoms with van der Waals surface area (Å²) in [6, 6.07) is 15.6. The number of ketones is 1. The fourth-order valence-electron chi connectivity index (χ4n) is 2.99. The maximum absolute atomic E-state index is 13.1. The smallest absolute Gasteiger partial charge is 0.195 e. The maximum atomic E-state index is 13.1. The number of pyridine rings is 1. The van der Waals surface area contributed by atoms with Gasteiger partial charge < -0.3 is 4.57 Å². The van der Waals surface area contributed by atoms with E-state index in [0.29, 0.717) is 0 Å². The van der Waals surface area contributed by atoms with Gasteiger partial charge in [0.1, 0.15) is 0 Å². The number of aromatic nitrogens is 2. The molecule has 4 aromatic rings. The summed E-state index contributed by atoms with van der Waals surface area (Å²) in [6.07, 6.45) is 5.42. The molecule has 0 aliphatic rings. The Morgan fingerprint density at radius 3 is 2.73 bits per heavy atom. The molecule has 22 heavy (non-hydrogen) atoms. The number of hydrogen-bond donors (Lipinski definition) is 0. The van der Waals surface area contributed by atoms with Gasteiger partial charge in [-0.2, -0.15) is 0 Å². The van der Waals surface area contributed by atoms with Crippen LogP contribution in [0.25, 0.3) is 21.7 Å². The third kappa shape index (κ3) is 1.83. The molecule has 3 nitrogen and oxygen atoms in total. The van der Waals surface area contributed by atoms with Gasteiger partial charge in [-0.25, -0.2) is 0 Å². The lowest BCUT2D eigenvalue weighted by atomic mass is 9.98. The summed E-state index contributed by atoms with van der Waals surface area (Å²) in [7, 11) is 1.96. The van der Waals surface area contributed by atoms with Crippen molar-refractivity contribution in [3.8, 4) is 0 Å². The van der Waals surface area contributed by atoms with Gasteiger partial charge in [-0.1, -0.05) is 36.4 Å². The minimum Gasteiger partial charge on any atom is -0.350 e.